The third kappa shape index (κ3) is 4.61. The molecule has 1 aromatic heterocycles. The topological polar surface area (TPSA) is 35.5 Å². The highest BCUT2D eigenvalue weighted by Gasteiger charge is 2.28. The molecule has 3 aromatic carbocycles. The minimum absolute atomic E-state index is 0.265. The number of benzene rings is 3. The molecule has 0 amide bonds. The molecular formula is C30H33N5. The summed E-state index contributed by atoms with van der Waals surface area (Å²) in [5.74, 6) is 1.99. The van der Waals surface area contributed by atoms with Crippen molar-refractivity contribution in [3.05, 3.63) is 96.1 Å². The summed E-state index contributed by atoms with van der Waals surface area (Å²) in [6.07, 6.45) is 3.80. The molecule has 0 atom stereocenters. The Morgan fingerprint density at radius 2 is 1.14 bits per heavy atom. The lowest BCUT2D eigenvalue weighted by atomic mass is 9.96. The van der Waals surface area contributed by atoms with Crippen LogP contribution in [0.4, 0.5) is 11.8 Å². The average Bonchev–Trinajstić information content (AvgIpc) is 2.95. The van der Waals surface area contributed by atoms with Gasteiger partial charge in [0.1, 0.15) is 5.82 Å². The summed E-state index contributed by atoms with van der Waals surface area (Å²) in [6, 6.07) is 30.5. The number of fused-ring (bicyclic) bond motifs is 1. The molecule has 0 bridgehead atoms. The summed E-state index contributed by atoms with van der Waals surface area (Å²) >= 11 is 0. The van der Waals surface area contributed by atoms with Crippen LogP contribution >= 0.6 is 0 Å². The number of rotatable bonds is 5. The SMILES string of the molecule is c1ccc(C(c2ccccc2)N2CCN(c3nc(N4CCCCC4)c4ccccc4n3)CC2)cc1. The van der Waals surface area contributed by atoms with Gasteiger partial charge < -0.3 is 9.80 Å². The fourth-order valence-corrected chi connectivity index (χ4v) is 5.60. The first-order valence-electron chi connectivity index (χ1n) is 13.0. The predicted octanol–water partition coefficient (Wildman–Crippen LogP) is 5.53. The van der Waals surface area contributed by atoms with Gasteiger partial charge in [0.25, 0.3) is 0 Å². The van der Waals surface area contributed by atoms with E-state index in [1.54, 1.807) is 0 Å². The van der Waals surface area contributed by atoms with E-state index in [1.165, 1.54) is 35.8 Å². The molecule has 0 saturated carbocycles. The van der Waals surface area contributed by atoms with E-state index in [2.05, 4.69) is 99.6 Å². The highest BCUT2D eigenvalue weighted by Crippen LogP contribution is 2.32. The van der Waals surface area contributed by atoms with Crippen LogP contribution in [0.15, 0.2) is 84.9 Å². The number of nitrogens with zero attached hydrogens (tertiary/aromatic N) is 5. The molecular weight excluding hydrogens is 430 g/mol. The number of hydrogen-bond acceptors (Lipinski definition) is 5. The van der Waals surface area contributed by atoms with Gasteiger partial charge in [-0.25, -0.2) is 4.98 Å². The maximum Gasteiger partial charge on any atom is 0.227 e. The number of anilines is 2. The third-order valence-electron chi connectivity index (χ3n) is 7.42. The molecule has 0 radical (unpaired) electrons. The number of piperidine rings is 1. The summed E-state index contributed by atoms with van der Waals surface area (Å²) in [4.78, 5) is 17.6. The zero-order chi connectivity index (χ0) is 23.5. The Bertz CT molecular complexity index is 1210. The van der Waals surface area contributed by atoms with Crippen LogP contribution in [-0.4, -0.2) is 54.1 Å². The maximum absolute atomic E-state index is 5.16. The van der Waals surface area contributed by atoms with E-state index in [0.717, 1.165) is 56.6 Å². The number of aromatic nitrogens is 2. The van der Waals surface area contributed by atoms with Crippen molar-refractivity contribution in [3.63, 3.8) is 0 Å². The normalized spacial score (nSPS) is 17.3. The van der Waals surface area contributed by atoms with Crippen LogP contribution in [0.2, 0.25) is 0 Å². The van der Waals surface area contributed by atoms with Crippen molar-refractivity contribution in [1.82, 2.24) is 14.9 Å². The Labute approximate surface area is 208 Å². The lowest BCUT2D eigenvalue weighted by Gasteiger charge is -2.40. The molecule has 0 N–H and O–H groups in total. The van der Waals surface area contributed by atoms with Crippen LogP contribution in [-0.2, 0) is 0 Å². The minimum Gasteiger partial charge on any atom is -0.356 e. The van der Waals surface area contributed by atoms with Crippen LogP contribution in [0, 0.1) is 0 Å². The molecule has 5 heteroatoms. The predicted molar refractivity (Wildman–Crippen MR) is 144 cm³/mol. The van der Waals surface area contributed by atoms with Gasteiger partial charge in [-0.05, 0) is 42.5 Å². The van der Waals surface area contributed by atoms with E-state index in [9.17, 15) is 0 Å². The first-order chi connectivity index (χ1) is 17.4. The van der Waals surface area contributed by atoms with Crippen LogP contribution in [0.3, 0.4) is 0 Å². The molecule has 0 aliphatic carbocycles. The third-order valence-corrected chi connectivity index (χ3v) is 7.42. The lowest BCUT2D eigenvalue weighted by Crippen LogP contribution is -2.48. The molecule has 5 nitrogen and oxygen atoms in total. The maximum atomic E-state index is 5.16. The van der Waals surface area contributed by atoms with Gasteiger partial charge in [0, 0.05) is 44.7 Å². The van der Waals surface area contributed by atoms with E-state index in [-0.39, 0.29) is 6.04 Å². The molecule has 0 spiro atoms. The molecule has 0 unspecified atom stereocenters. The fourth-order valence-electron chi connectivity index (χ4n) is 5.60. The van der Waals surface area contributed by atoms with E-state index < -0.39 is 0 Å². The molecule has 3 heterocycles. The van der Waals surface area contributed by atoms with Gasteiger partial charge in [-0.1, -0.05) is 72.8 Å². The summed E-state index contributed by atoms with van der Waals surface area (Å²) in [7, 11) is 0. The van der Waals surface area contributed by atoms with E-state index >= 15 is 0 Å². The second-order valence-electron chi connectivity index (χ2n) is 9.66. The van der Waals surface area contributed by atoms with Crippen molar-refractivity contribution in [3.8, 4) is 0 Å². The first kappa shape index (κ1) is 22.1. The highest BCUT2D eigenvalue weighted by atomic mass is 15.3. The van der Waals surface area contributed by atoms with Crippen LogP contribution < -0.4 is 9.80 Å². The minimum atomic E-state index is 0.265. The van der Waals surface area contributed by atoms with Gasteiger partial charge in [-0.15, -0.1) is 0 Å². The van der Waals surface area contributed by atoms with Gasteiger partial charge in [0.05, 0.1) is 11.6 Å². The van der Waals surface area contributed by atoms with Crippen molar-refractivity contribution in [2.45, 2.75) is 25.3 Å². The Morgan fingerprint density at radius 3 is 1.80 bits per heavy atom. The highest BCUT2D eigenvalue weighted by molar-refractivity contribution is 5.90. The molecule has 2 fully saturated rings. The number of piperazine rings is 1. The largest absolute Gasteiger partial charge is 0.356 e. The smallest absolute Gasteiger partial charge is 0.227 e. The van der Waals surface area contributed by atoms with Gasteiger partial charge >= 0.3 is 0 Å². The van der Waals surface area contributed by atoms with E-state index in [0.29, 0.717) is 0 Å². The summed E-state index contributed by atoms with van der Waals surface area (Å²) < 4.78 is 0. The van der Waals surface area contributed by atoms with Gasteiger partial charge in [-0.3, -0.25) is 4.90 Å². The van der Waals surface area contributed by atoms with E-state index in [4.69, 9.17) is 9.97 Å². The fraction of sp³-hybridized carbons (Fsp3) is 0.333. The molecule has 178 valence electrons. The second-order valence-corrected chi connectivity index (χ2v) is 9.66. The number of para-hydroxylation sites is 1. The van der Waals surface area contributed by atoms with Crippen LogP contribution in [0.1, 0.15) is 36.4 Å². The van der Waals surface area contributed by atoms with Crippen molar-refractivity contribution in [2.75, 3.05) is 49.1 Å². The summed E-state index contributed by atoms with van der Waals surface area (Å²) in [6.45, 7) is 5.98. The Morgan fingerprint density at radius 1 is 0.543 bits per heavy atom. The molecule has 2 saturated heterocycles. The Hall–Kier alpha value is -3.44. The summed E-state index contributed by atoms with van der Waals surface area (Å²) in [5, 5.41) is 1.17. The lowest BCUT2D eigenvalue weighted by molar-refractivity contribution is 0.211. The first-order valence-corrected chi connectivity index (χ1v) is 13.0. The van der Waals surface area contributed by atoms with Gasteiger partial charge in [0.2, 0.25) is 5.95 Å². The zero-order valence-electron chi connectivity index (χ0n) is 20.3. The van der Waals surface area contributed by atoms with Crippen LogP contribution in [0.25, 0.3) is 10.9 Å². The second kappa shape index (κ2) is 10.0. The Kier molecular flexibility index (Phi) is 6.33. The molecule has 2 aliphatic heterocycles. The van der Waals surface area contributed by atoms with Crippen molar-refractivity contribution in [1.29, 1.82) is 0 Å². The molecule has 35 heavy (non-hydrogen) atoms. The van der Waals surface area contributed by atoms with Crippen molar-refractivity contribution in [2.24, 2.45) is 0 Å². The number of hydrogen-bond donors (Lipinski definition) is 0. The molecule has 4 aromatic rings. The Balaban J connectivity index is 1.26. The average molecular weight is 464 g/mol. The monoisotopic (exact) mass is 463 g/mol. The zero-order valence-corrected chi connectivity index (χ0v) is 20.3. The quantitative estimate of drug-likeness (QED) is 0.389. The van der Waals surface area contributed by atoms with Crippen molar-refractivity contribution >= 4 is 22.7 Å². The standard InChI is InChI=1S/C30H33N5/c1-4-12-24(13-5-1)28(25-14-6-2-7-15-25)33-20-22-35(23-21-33)30-31-27-17-9-8-16-26(27)29(32-30)34-18-10-3-11-19-34/h1-2,4-9,12-17,28H,3,10-11,18-23H2. The summed E-state index contributed by atoms with van der Waals surface area (Å²) in [5.41, 5.74) is 3.75. The molecule has 6 rings (SSSR count). The molecule has 2 aliphatic rings. The van der Waals surface area contributed by atoms with E-state index in [1.807, 2.05) is 0 Å². The van der Waals surface area contributed by atoms with Crippen molar-refractivity contribution < 1.29 is 0 Å². The van der Waals surface area contributed by atoms with Gasteiger partial charge in [0.15, 0.2) is 0 Å². The van der Waals surface area contributed by atoms with Gasteiger partial charge in [-0.2, -0.15) is 4.98 Å². The van der Waals surface area contributed by atoms with Crippen LogP contribution in [0.5, 0.6) is 0 Å².